The smallest absolute Gasteiger partial charge is 0.229 e. The van der Waals surface area contributed by atoms with Gasteiger partial charge in [-0.15, -0.1) is 0 Å². The molecule has 1 aromatic heterocycles. The van der Waals surface area contributed by atoms with Crippen LogP contribution in [0.1, 0.15) is 36.8 Å². The number of rotatable bonds is 5. The van der Waals surface area contributed by atoms with E-state index in [2.05, 4.69) is 23.3 Å². The zero-order chi connectivity index (χ0) is 19.2. The Labute approximate surface area is 164 Å². The molecule has 0 radical (unpaired) electrons. The standard InChI is InChI=1S/C19H25N3O3S2/c1-12-9-13(2)17-16(10-12)20-19(26-17)21-18(23)15-5-7-22(8-6-15)27(24,25)11-14-3-4-14/h9-10,14-15H,3-8,11H2,1-2H3,(H,20,21,23). The van der Waals surface area contributed by atoms with E-state index in [4.69, 9.17) is 0 Å². The van der Waals surface area contributed by atoms with Crippen LogP contribution in [0, 0.1) is 25.7 Å². The van der Waals surface area contributed by atoms with Crippen LogP contribution >= 0.6 is 11.3 Å². The first-order chi connectivity index (χ1) is 12.8. The van der Waals surface area contributed by atoms with Gasteiger partial charge in [0.25, 0.3) is 0 Å². The molecule has 0 unspecified atom stereocenters. The van der Waals surface area contributed by atoms with Gasteiger partial charge in [-0.25, -0.2) is 17.7 Å². The average Bonchev–Trinajstić information content (AvgIpc) is 3.31. The van der Waals surface area contributed by atoms with E-state index in [-0.39, 0.29) is 17.6 Å². The molecule has 27 heavy (non-hydrogen) atoms. The molecular formula is C19H25N3O3S2. The summed E-state index contributed by atoms with van der Waals surface area (Å²) in [5.74, 6) is 0.408. The van der Waals surface area contributed by atoms with Crippen LogP contribution in [0.5, 0.6) is 0 Å². The van der Waals surface area contributed by atoms with E-state index >= 15 is 0 Å². The first kappa shape index (κ1) is 18.8. The van der Waals surface area contributed by atoms with E-state index in [1.807, 2.05) is 13.0 Å². The summed E-state index contributed by atoms with van der Waals surface area (Å²) in [5.41, 5.74) is 3.23. The van der Waals surface area contributed by atoms with Crippen molar-refractivity contribution in [1.82, 2.24) is 9.29 Å². The van der Waals surface area contributed by atoms with Gasteiger partial charge in [0, 0.05) is 19.0 Å². The van der Waals surface area contributed by atoms with Gasteiger partial charge in [0.05, 0.1) is 16.0 Å². The van der Waals surface area contributed by atoms with E-state index in [1.54, 1.807) is 4.31 Å². The van der Waals surface area contributed by atoms with E-state index in [1.165, 1.54) is 11.3 Å². The normalized spacial score (nSPS) is 19.5. The van der Waals surface area contributed by atoms with Crippen molar-refractivity contribution in [3.05, 3.63) is 23.3 Å². The molecule has 1 amide bonds. The molecule has 4 rings (SSSR count). The summed E-state index contributed by atoms with van der Waals surface area (Å²) in [6.07, 6.45) is 3.19. The van der Waals surface area contributed by atoms with Crippen LogP contribution in [-0.4, -0.2) is 42.5 Å². The minimum Gasteiger partial charge on any atom is -0.302 e. The first-order valence-electron chi connectivity index (χ1n) is 9.48. The molecule has 8 heteroatoms. The first-order valence-corrected chi connectivity index (χ1v) is 11.9. The fraction of sp³-hybridized carbons (Fsp3) is 0.579. The number of aromatic nitrogens is 1. The third kappa shape index (κ3) is 4.17. The van der Waals surface area contributed by atoms with Gasteiger partial charge in [0.2, 0.25) is 15.9 Å². The number of piperidine rings is 1. The minimum absolute atomic E-state index is 0.0531. The molecule has 1 saturated carbocycles. The molecule has 2 aromatic rings. The van der Waals surface area contributed by atoms with E-state index in [0.29, 0.717) is 37.0 Å². The third-order valence-electron chi connectivity index (χ3n) is 5.41. The quantitative estimate of drug-likeness (QED) is 0.825. The molecule has 6 nitrogen and oxygen atoms in total. The zero-order valence-electron chi connectivity index (χ0n) is 15.7. The molecule has 0 spiro atoms. The number of thiazole rings is 1. The second-order valence-corrected chi connectivity index (χ2v) is 10.8. The number of anilines is 1. The van der Waals surface area contributed by atoms with Gasteiger partial charge in [-0.1, -0.05) is 17.4 Å². The van der Waals surface area contributed by atoms with Crippen molar-refractivity contribution in [2.75, 3.05) is 24.2 Å². The molecule has 146 valence electrons. The van der Waals surface area contributed by atoms with Crippen molar-refractivity contribution in [2.45, 2.75) is 39.5 Å². The summed E-state index contributed by atoms with van der Waals surface area (Å²) in [5, 5.41) is 3.56. The number of fused-ring (bicyclic) bond motifs is 1. The lowest BCUT2D eigenvalue weighted by atomic mass is 9.97. The highest BCUT2D eigenvalue weighted by atomic mass is 32.2. The molecule has 2 heterocycles. The average molecular weight is 408 g/mol. The Balaban J connectivity index is 1.37. The summed E-state index contributed by atoms with van der Waals surface area (Å²) in [4.78, 5) is 17.2. The van der Waals surface area contributed by atoms with Crippen molar-refractivity contribution in [1.29, 1.82) is 0 Å². The number of carbonyl (C=O) groups is 1. The lowest BCUT2D eigenvalue weighted by Gasteiger charge is -2.30. The van der Waals surface area contributed by atoms with E-state index in [9.17, 15) is 13.2 Å². The molecule has 1 saturated heterocycles. The third-order valence-corrected chi connectivity index (χ3v) is 8.58. The summed E-state index contributed by atoms with van der Waals surface area (Å²) in [7, 11) is -3.16. The van der Waals surface area contributed by atoms with Gasteiger partial charge in [-0.05, 0) is 62.6 Å². The largest absolute Gasteiger partial charge is 0.302 e. The van der Waals surface area contributed by atoms with Crippen LogP contribution in [0.2, 0.25) is 0 Å². The van der Waals surface area contributed by atoms with Crippen LogP contribution in [0.15, 0.2) is 12.1 Å². The lowest BCUT2D eigenvalue weighted by Crippen LogP contribution is -2.42. The predicted molar refractivity (Wildman–Crippen MR) is 109 cm³/mol. The fourth-order valence-corrected chi connectivity index (χ4v) is 6.55. The molecule has 2 aliphatic rings. The van der Waals surface area contributed by atoms with Gasteiger partial charge in [0.15, 0.2) is 5.13 Å². The molecule has 2 fully saturated rings. The number of hydrogen-bond donors (Lipinski definition) is 1. The topological polar surface area (TPSA) is 79.4 Å². The van der Waals surface area contributed by atoms with Crippen molar-refractivity contribution >= 4 is 42.6 Å². The van der Waals surface area contributed by atoms with Gasteiger partial charge < -0.3 is 5.32 Å². The molecule has 1 aliphatic heterocycles. The van der Waals surface area contributed by atoms with E-state index < -0.39 is 10.0 Å². The Kier molecular flexibility index (Phi) is 4.98. The van der Waals surface area contributed by atoms with Crippen molar-refractivity contribution in [3.8, 4) is 0 Å². The Morgan fingerprint density at radius 2 is 1.93 bits per heavy atom. The van der Waals surface area contributed by atoms with E-state index in [0.717, 1.165) is 34.2 Å². The molecule has 1 aliphatic carbocycles. The Morgan fingerprint density at radius 1 is 1.22 bits per heavy atom. The van der Waals surface area contributed by atoms with Gasteiger partial charge in [-0.2, -0.15) is 0 Å². The maximum atomic E-state index is 12.6. The molecular weight excluding hydrogens is 382 g/mol. The number of nitrogens with one attached hydrogen (secondary N) is 1. The summed E-state index contributed by atoms with van der Waals surface area (Å²) < 4.78 is 27.4. The van der Waals surface area contributed by atoms with Gasteiger partial charge >= 0.3 is 0 Å². The fourth-order valence-electron chi connectivity index (χ4n) is 3.72. The van der Waals surface area contributed by atoms with Crippen LogP contribution in [0.25, 0.3) is 10.2 Å². The lowest BCUT2D eigenvalue weighted by molar-refractivity contribution is -0.120. The number of carbonyl (C=O) groups excluding carboxylic acids is 1. The molecule has 0 atom stereocenters. The number of benzene rings is 1. The van der Waals surface area contributed by atoms with Crippen LogP contribution in [0.3, 0.4) is 0 Å². The number of aryl methyl sites for hydroxylation is 2. The predicted octanol–water partition coefficient (Wildman–Crippen LogP) is 3.30. The van der Waals surface area contributed by atoms with Crippen LogP contribution in [-0.2, 0) is 14.8 Å². The number of hydrogen-bond acceptors (Lipinski definition) is 5. The SMILES string of the molecule is Cc1cc(C)c2sc(NC(=O)C3CCN(S(=O)(=O)CC4CC4)CC3)nc2c1. The van der Waals surface area contributed by atoms with Gasteiger partial charge in [-0.3, -0.25) is 4.79 Å². The molecule has 1 aromatic carbocycles. The highest BCUT2D eigenvalue weighted by Crippen LogP contribution is 2.33. The Bertz CT molecular complexity index is 971. The van der Waals surface area contributed by atoms with Crippen molar-refractivity contribution < 1.29 is 13.2 Å². The highest BCUT2D eigenvalue weighted by molar-refractivity contribution is 7.89. The number of nitrogens with zero attached hydrogens (tertiary/aromatic N) is 2. The monoisotopic (exact) mass is 407 g/mol. The van der Waals surface area contributed by atoms with Gasteiger partial charge in [0.1, 0.15) is 0 Å². The Morgan fingerprint density at radius 3 is 2.59 bits per heavy atom. The second-order valence-electron chi connectivity index (χ2n) is 7.83. The zero-order valence-corrected chi connectivity index (χ0v) is 17.3. The highest BCUT2D eigenvalue weighted by Gasteiger charge is 2.35. The Hall–Kier alpha value is -1.51. The van der Waals surface area contributed by atoms with Crippen molar-refractivity contribution in [3.63, 3.8) is 0 Å². The van der Waals surface area contributed by atoms with Crippen LogP contribution < -0.4 is 5.32 Å². The minimum atomic E-state index is -3.16. The summed E-state index contributed by atoms with van der Waals surface area (Å²) in [6, 6.07) is 4.14. The van der Waals surface area contributed by atoms with Crippen molar-refractivity contribution in [2.24, 2.45) is 11.8 Å². The molecule has 1 N–H and O–H groups in total. The number of sulfonamides is 1. The summed E-state index contributed by atoms with van der Waals surface area (Å²) in [6.45, 7) is 4.96. The van der Waals surface area contributed by atoms with Crippen LogP contribution in [0.4, 0.5) is 5.13 Å². The second kappa shape index (κ2) is 7.14. The summed E-state index contributed by atoms with van der Waals surface area (Å²) >= 11 is 1.49. The number of amides is 1. The maximum Gasteiger partial charge on any atom is 0.229 e. The maximum absolute atomic E-state index is 12.6. The molecule has 0 bridgehead atoms.